The maximum atomic E-state index is 11.4. The lowest BCUT2D eigenvalue weighted by molar-refractivity contribution is -0.108. The zero-order valence-corrected chi connectivity index (χ0v) is 14.9. The second kappa shape index (κ2) is 5.93. The van der Waals surface area contributed by atoms with Crippen LogP contribution in [0.25, 0.3) is 22.3 Å². The highest BCUT2D eigenvalue weighted by atomic mass is 16.3. The van der Waals surface area contributed by atoms with Crippen molar-refractivity contribution in [3.05, 3.63) is 48.4 Å². The van der Waals surface area contributed by atoms with E-state index in [1.54, 1.807) is 6.20 Å². The fourth-order valence-electron chi connectivity index (χ4n) is 4.32. The Bertz CT molecular complexity index is 874. The zero-order chi connectivity index (χ0) is 17.6. The third-order valence-electron chi connectivity index (χ3n) is 5.64. The summed E-state index contributed by atoms with van der Waals surface area (Å²) in [5.41, 5.74) is 2.88. The van der Waals surface area contributed by atoms with Gasteiger partial charge in [-0.1, -0.05) is 19.9 Å². The fourth-order valence-corrected chi connectivity index (χ4v) is 4.32. The summed E-state index contributed by atoms with van der Waals surface area (Å²) in [4.78, 5) is 14.4. The number of piperidine rings is 1. The van der Waals surface area contributed by atoms with E-state index in [9.17, 15) is 5.11 Å². The van der Waals surface area contributed by atoms with Crippen molar-refractivity contribution in [3.8, 4) is 11.3 Å². The number of hydrogen-bond donors (Lipinski definition) is 2. The first kappa shape index (κ1) is 16.2. The molecule has 1 saturated heterocycles. The smallest absolute Gasteiger partial charge is 0.137 e. The van der Waals surface area contributed by atoms with Gasteiger partial charge < -0.3 is 15.0 Å². The van der Waals surface area contributed by atoms with Crippen LogP contribution in [-0.2, 0) is 5.60 Å². The molecule has 2 N–H and O–H groups in total. The Morgan fingerprint density at radius 1 is 1.12 bits per heavy atom. The van der Waals surface area contributed by atoms with Gasteiger partial charge in [0.25, 0.3) is 0 Å². The Morgan fingerprint density at radius 2 is 1.88 bits per heavy atom. The zero-order valence-electron chi connectivity index (χ0n) is 14.9. The van der Waals surface area contributed by atoms with Crippen LogP contribution < -0.4 is 0 Å². The second-order valence-electron chi connectivity index (χ2n) is 7.38. The molecule has 130 valence electrons. The van der Waals surface area contributed by atoms with Gasteiger partial charge in [-0.15, -0.1) is 0 Å². The third kappa shape index (κ3) is 2.55. The molecule has 1 aliphatic rings. The molecule has 5 nitrogen and oxygen atoms in total. The SMILES string of the molecule is C[C@@H]1CN(C)C[C@H](C)[C@@]1(O)c1ccc(-c2ccnc3[nH]ccc23)nc1. The van der Waals surface area contributed by atoms with Crippen LogP contribution in [0.5, 0.6) is 0 Å². The van der Waals surface area contributed by atoms with E-state index in [1.807, 2.05) is 36.7 Å². The van der Waals surface area contributed by atoms with Crippen molar-refractivity contribution >= 4 is 11.0 Å². The number of pyridine rings is 2. The lowest BCUT2D eigenvalue weighted by Crippen LogP contribution is -2.53. The number of aliphatic hydroxyl groups is 1. The number of H-pyrrole nitrogens is 1. The number of aromatic amines is 1. The van der Waals surface area contributed by atoms with E-state index in [4.69, 9.17) is 0 Å². The first-order valence-corrected chi connectivity index (χ1v) is 8.80. The minimum absolute atomic E-state index is 0.159. The minimum atomic E-state index is -0.834. The predicted molar refractivity (Wildman–Crippen MR) is 99.0 cm³/mol. The van der Waals surface area contributed by atoms with E-state index in [1.165, 1.54) is 0 Å². The molecule has 0 bridgehead atoms. The van der Waals surface area contributed by atoms with Gasteiger partial charge >= 0.3 is 0 Å². The topological polar surface area (TPSA) is 65.0 Å². The molecule has 0 amide bonds. The van der Waals surface area contributed by atoms with Gasteiger partial charge in [0.05, 0.1) is 11.3 Å². The second-order valence-corrected chi connectivity index (χ2v) is 7.38. The summed E-state index contributed by atoms with van der Waals surface area (Å²) in [7, 11) is 2.11. The molecule has 3 atom stereocenters. The lowest BCUT2D eigenvalue weighted by atomic mass is 9.71. The van der Waals surface area contributed by atoms with Crippen LogP contribution in [0.2, 0.25) is 0 Å². The van der Waals surface area contributed by atoms with Gasteiger partial charge in [-0.2, -0.15) is 0 Å². The number of aromatic nitrogens is 3. The summed E-state index contributed by atoms with van der Waals surface area (Å²) >= 11 is 0. The van der Waals surface area contributed by atoms with Crippen molar-refractivity contribution < 1.29 is 5.11 Å². The Kier molecular flexibility index (Phi) is 3.85. The van der Waals surface area contributed by atoms with Crippen molar-refractivity contribution in [1.82, 2.24) is 19.9 Å². The Morgan fingerprint density at radius 3 is 2.56 bits per heavy atom. The largest absolute Gasteiger partial charge is 0.384 e. The monoisotopic (exact) mass is 336 g/mol. The van der Waals surface area contributed by atoms with Crippen LogP contribution in [0, 0.1) is 11.8 Å². The number of nitrogens with one attached hydrogen (secondary N) is 1. The molecule has 4 rings (SSSR count). The summed E-state index contributed by atoms with van der Waals surface area (Å²) in [6.45, 7) is 6.01. The molecule has 1 fully saturated rings. The van der Waals surface area contributed by atoms with Crippen LogP contribution in [0.1, 0.15) is 19.4 Å². The number of hydrogen-bond acceptors (Lipinski definition) is 4. The van der Waals surface area contributed by atoms with Crippen molar-refractivity contribution in [2.75, 3.05) is 20.1 Å². The highest BCUT2D eigenvalue weighted by Gasteiger charge is 2.45. The fraction of sp³-hybridized carbons (Fsp3) is 0.400. The van der Waals surface area contributed by atoms with Gasteiger partial charge in [-0.25, -0.2) is 4.98 Å². The molecule has 0 spiro atoms. The number of likely N-dealkylation sites (tertiary alicyclic amines) is 1. The van der Waals surface area contributed by atoms with Gasteiger partial charge in [0.2, 0.25) is 0 Å². The molecule has 0 aromatic carbocycles. The molecule has 1 aliphatic heterocycles. The number of rotatable bonds is 2. The van der Waals surface area contributed by atoms with E-state index in [0.29, 0.717) is 0 Å². The molecule has 3 aromatic heterocycles. The molecule has 0 radical (unpaired) electrons. The van der Waals surface area contributed by atoms with Crippen LogP contribution in [0.3, 0.4) is 0 Å². The Balaban J connectivity index is 1.72. The van der Waals surface area contributed by atoms with Crippen LogP contribution in [-0.4, -0.2) is 45.1 Å². The van der Waals surface area contributed by atoms with Crippen molar-refractivity contribution in [1.29, 1.82) is 0 Å². The van der Waals surface area contributed by atoms with Crippen LogP contribution in [0.15, 0.2) is 42.9 Å². The summed E-state index contributed by atoms with van der Waals surface area (Å²) in [6.07, 6.45) is 5.52. The maximum absolute atomic E-state index is 11.4. The predicted octanol–water partition coefficient (Wildman–Crippen LogP) is 3.03. The average molecular weight is 336 g/mol. The van der Waals surface area contributed by atoms with Gasteiger partial charge in [0, 0.05) is 60.0 Å². The lowest BCUT2D eigenvalue weighted by Gasteiger charge is -2.47. The van der Waals surface area contributed by atoms with E-state index in [2.05, 4.69) is 40.7 Å². The van der Waals surface area contributed by atoms with E-state index >= 15 is 0 Å². The highest BCUT2D eigenvalue weighted by Crippen LogP contribution is 2.41. The Hall–Kier alpha value is -2.24. The van der Waals surface area contributed by atoms with Crippen molar-refractivity contribution in [2.24, 2.45) is 11.8 Å². The molecule has 0 unspecified atom stereocenters. The standard InChI is InChI=1S/C20H24N4O/c1-13-11-24(3)12-14(2)20(13,25)15-4-5-18(23-10-15)16-6-8-21-19-17(16)7-9-22-19/h4-10,13-14,25H,11-12H2,1-3H3,(H,21,22)/t13-,14+,20-. The maximum Gasteiger partial charge on any atom is 0.137 e. The summed E-state index contributed by atoms with van der Waals surface area (Å²) in [6, 6.07) is 8.03. The average Bonchev–Trinajstić information content (AvgIpc) is 3.08. The van der Waals surface area contributed by atoms with Gasteiger partial charge in [-0.3, -0.25) is 4.98 Å². The van der Waals surface area contributed by atoms with E-state index in [-0.39, 0.29) is 11.8 Å². The summed E-state index contributed by atoms with van der Waals surface area (Å²) in [5, 5.41) is 12.5. The first-order valence-electron chi connectivity index (χ1n) is 8.80. The molecule has 0 aliphatic carbocycles. The molecule has 4 heterocycles. The molecule has 25 heavy (non-hydrogen) atoms. The highest BCUT2D eigenvalue weighted by molar-refractivity contribution is 5.91. The minimum Gasteiger partial charge on any atom is -0.384 e. The first-order chi connectivity index (χ1) is 12.0. The number of fused-ring (bicyclic) bond motifs is 1. The van der Waals surface area contributed by atoms with Crippen LogP contribution in [0.4, 0.5) is 0 Å². The van der Waals surface area contributed by atoms with Gasteiger partial charge in [0.1, 0.15) is 5.65 Å². The molecule has 5 heteroatoms. The molecule has 3 aromatic rings. The van der Waals surface area contributed by atoms with Crippen molar-refractivity contribution in [2.45, 2.75) is 19.4 Å². The molecule has 0 saturated carbocycles. The summed E-state index contributed by atoms with van der Waals surface area (Å²) < 4.78 is 0. The third-order valence-corrected chi connectivity index (χ3v) is 5.64. The normalized spacial score (nSPS) is 27.7. The van der Waals surface area contributed by atoms with Crippen molar-refractivity contribution in [3.63, 3.8) is 0 Å². The molecular formula is C20H24N4O. The van der Waals surface area contributed by atoms with Gasteiger partial charge in [-0.05, 0) is 25.2 Å². The number of nitrogens with zero attached hydrogens (tertiary/aromatic N) is 3. The quantitative estimate of drug-likeness (QED) is 0.755. The molecular weight excluding hydrogens is 312 g/mol. The summed E-state index contributed by atoms with van der Waals surface area (Å²) in [5.74, 6) is 0.317. The van der Waals surface area contributed by atoms with E-state index in [0.717, 1.165) is 40.9 Å². The van der Waals surface area contributed by atoms with E-state index < -0.39 is 5.60 Å². The van der Waals surface area contributed by atoms with Crippen LogP contribution >= 0.6 is 0 Å². The van der Waals surface area contributed by atoms with Gasteiger partial charge in [0.15, 0.2) is 0 Å². The Labute approximate surface area is 147 Å².